The Kier molecular flexibility index (Phi) is 5.38. The number of nitrogens with zero attached hydrogens (tertiary/aromatic N) is 1. The summed E-state index contributed by atoms with van der Waals surface area (Å²) in [6.45, 7) is 9.29. The zero-order chi connectivity index (χ0) is 14.7. The second-order valence-corrected chi connectivity index (χ2v) is 6.76. The highest BCUT2D eigenvalue weighted by molar-refractivity contribution is 7.11. The van der Waals surface area contributed by atoms with Gasteiger partial charge in [0.05, 0.1) is 0 Å². The number of nitrogens with one attached hydrogen (secondary N) is 1. The average Bonchev–Trinajstić information content (AvgIpc) is 2.70. The van der Waals surface area contributed by atoms with Gasteiger partial charge in [0.1, 0.15) is 0 Å². The maximum Gasteiger partial charge on any atom is 0.443 e. The minimum atomic E-state index is -4.33. The Labute approximate surface area is 116 Å². The van der Waals surface area contributed by atoms with E-state index in [-0.39, 0.29) is 11.5 Å². The molecule has 6 heteroatoms. The summed E-state index contributed by atoms with van der Waals surface area (Å²) in [5, 5.41) is 2.64. The van der Waals surface area contributed by atoms with E-state index in [0.29, 0.717) is 11.3 Å². The number of hydrogen-bond donors (Lipinski definition) is 1. The third-order valence-corrected chi connectivity index (χ3v) is 4.07. The van der Waals surface area contributed by atoms with Crippen molar-refractivity contribution in [1.29, 1.82) is 0 Å². The van der Waals surface area contributed by atoms with Crippen LogP contribution in [0.2, 0.25) is 0 Å². The van der Waals surface area contributed by atoms with E-state index in [1.54, 1.807) is 0 Å². The third kappa shape index (κ3) is 5.10. The molecule has 2 nitrogen and oxygen atoms in total. The Hall–Kier alpha value is -0.620. The van der Waals surface area contributed by atoms with Gasteiger partial charge in [0.2, 0.25) is 0 Å². The molecule has 1 unspecified atom stereocenters. The van der Waals surface area contributed by atoms with E-state index in [9.17, 15) is 13.2 Å². The number of alkyl halides is 3. The summed E-state index contributed by atoms with van der Waals surface area (Å²) in [4.78, 5) is 4.14. The van der Waals surface area contributed by atoms with E-state index in [0.717, 1.165) is 24.3 Å². The molecule has 1 aromatic rings. The van der Waals surface area contributed by atoms with Gasteiger partial charge >= 0.3 is 6.18 Å². The van der Waals surface area contributed by atoms with E-state index in [1.165, 1.54) is 6.20 Å². The third-order valence-electron chi connectivity index (χ3n) is 2.97. The first-order chi connectivity index (χ1) is 8.64. The molecule has 0 saturated heterocycles. The summed E-state index contributed by atoms with van der Waals surface area (Å²) < 4.78 is 37.3. The topological polar surface area (TPSA) is 24.9 Å². The first kappa shape index (κ1) is 16.4. The highest BCUT2D eigenvalue weighted by atomic mass is 32.1. The molecular weight excluding hydrogens is 273 g/mol. The number of aryl methyl sites for hydroxylation is 1. The summed E-state index contributed by atoms with van der Waals surface area (Å²) >= 11 is 0.747. The SMILES string of the molecule is CCNC(CCc1cnc(C(F)(F)F)s1)C(C)(C)C. The van der Waals surface area contributed by atoms with Crippen LogP contribution in [0.3, 0.4) is 0 Å². The van der Waals surface area contributed by atoms with Crippen molar-refractivity contribution in [2.45, 2.75) is 52.8 Å². The van der Waals surface area contributed by atoms with E-state index in [4.69, 9.17) is 0 Å². The molecule has 0 amide bonds. The first-order valence-electron chi connectivity index (χ1n) is 6.40. The van der Waals surface area contributed by atoms with Crippen LogP contribution < -0.4 is 5.32 Å². The monoisotopic (exact) mass is 294 g/mol. The lowest BCUT2D eigenvalue weighted by molar-refractivity contribution is -0.137. The van der Waals surface area contributed by atoms with Crippen LogP contribution in [0.25, 0.3) is 0 Å². The Bertz CT molecular complexity index is 393. The highest BCUT2D eigenvalue weighted by Crippen LogP contribution is 2.33. The molecule has 110 valence electrons. The van der Waals surface area contributed by atoms with Crippen LogP contribution in [0, 0.1) is 5.41 Å². The van der Waals surface area contributed by atoms with Crippen LogP contribution in [-0.4, -0.2) is 17.6 Å². The minimum Gasteiger partial charge on any atom is -0.314 e. The molecule has 1 atom stereocenters. The molecule has 1 N–H and O–H groups in total. The molecule has 0 aliphatic rings. The Morgan fingerprint density at radius 2 is 1.95 bits per heavy atom. The van der Waals surface area contributed by atoms with Crippen LogP contribution in [0.4, 0.5) is 13.2 Å². The molecule has 0 radical (unpaired) electrons. The number of rotatable bonds is 5. The van der Waals surface area contributed by atoms with Crippen molar-refractivity contribution >= 4 is 11.3 Å². The van der Waals surface area contributed by atoms with E-state index >= 15 is 0 Å². The van der Waals surface area contributed by atoms with Crippen molar-refractivity contribution in [3.63, 3.8) is 0 Å². The minimum absolute atomic E-state index is 0.0908. The lowest BCUT2D eigenvalue weighted by atomic mass is 9.84. The Morgan fingerprint density at radius 3 is 2.37 bits per heavy atom. The maximum atomic E-state index is 12.4. The van der Waals surface area contributed by atoms with Gasteiger partial charge in [-0.25, -0.2) is 4.98 Å². The van der Waals surface area contributed by atoms with Crippen molar-refractivity contribution < 1.29 is 13.2 Å². The molecule has 1 aromatic heterocycles. The van der Waals surface area contributed by atoms with Crippen LogP contribution in [0.5, 0.6) is 0 Å². The van der Waals surface area contributed by atoms with Crippen molar-refractivity contribution in [3.05, 3.63) is 16.1 Å². The van der Waals surface area contributed by atoms with Gasteiger partial charge in [0.15, 0.2) is 5.01 Å². The molecule has 0 aliphatic carbocycles. The van der Waals surface area contributed by atoms with Crippen LogP contribution >= 0.6 is 11.3 Å². The van der Waals surface area contributed by atoms with Gasteiger partial charge in [-0.2, -0.15) is 13.2 Å². The van der Waals surface area contributed by atoms with E-state index in [2.05, 4.69) is 31.1 Å². The molecule has 19 heavy (non-hydrogen) atoms. The van der Waals surface area contributed by atoms with Gasteiger partial charge in [0, 0.05) is 17.1 Å². The van der Waals surface area contributed by atoms with Crippen LogP contribution in [0.1, 0.15) is 44.0 Å². The Morgan fingerprint density at radius 1 is 1.32 bits per heavy atom. The number of aromatic nitrogens is 1. The molecule has 0 spiro atoms. The lowest BCUT2D eigenvalue weighted by Gasteiger charge is -2.31. The highest BCUT2D eigenvalue weighted by Gasteiger charge is 2.34. The molecule has 0 saturated carbocycles. The number of hydrogen-bond acceptors (Lipinski definition) is 3. The normalized spacial score (nSPS) is 14.7. The van der Waals surface area contributed by atoms with Crippen molar-refractivity contribution in [2.24, 2.45) is 5.41 Å². The maximum absolute atomic E-state index is 12.4. The summed E-state index contributed by atoms with van der Waals surface area (Å²) in [5.41, 5.74) is 0.0908. The first-order valence-corrected chi connectivity index (χ1v) is 7.21. The Balaban J connectivity index is 2.62. The van der Waals surface area contributed by atoms with Crippen molar-refractivity contribution in [1.82, 2.24) is 10.3 Å². The van der Waals surface area contributed by atoms with E-state index < -0.39 is 11.2 Å². The van der Waals surface area contributed by atoms with Gasteiger partial charge in [-0.1, -0.05) is 27.7 Å². The number of halogens is 3. The second-order valence-electron chi connectivity index (χ2n) is 5.64. The van der Waals surface area contributed by atoms with Gasteiger partial charge in [-0.15, -0.1) is 11.3 Å². The summed E-state index contributed by atoms with van der Waals surface area (Å²) in [6.07, 6.45) is -1.54. The van der Waals surface area contributed by atoms with Crippen LogP contribution in [0.15, 0.2) is 6.20 Å². The summed E-state index contributed by atoms with van der Waals surface area (Å²) in [5.74, 6) is 0. The molecule has 0 aliphatic heterocycles. The van der Waals surface area contributed by atoms with Gasteiger partial charge in [-0.05, 0) is 24.8 Å². The largest absolute Gasteiger partial charge is 0.443 e. The quantitative estimate of drug-likeness (QED) is 0.883. The van der Waals surface area contributed by atoms with Crippen LogP contribution in [-0.2, 0) is 12.6 Å². The van der Waals surface area contributed by atoms with Gasteiger partial charge in [-0.3, -0.25) is 0 Å². The molecule has 0 fully saturated rings. The molecular formula is C13H21F3N2S. The average molecular weight is 294 g/mol. The standard InChI is InChI=1S/C13H21F3N2S/c1-5-17-10(12(2,3)4)7-6-9-8-18-11(19-9)13(14,15)16/h8,10,17H,5-7H2,1-4H3. The van der Waals surface area contributed by atoms with Crippen molar-refractivity contribution in [3.8, 4) is 0 Å². The lowest BCUT2D eigenvalue weighted by Crippen LogP contribution is -2.40. The fraction of sp³-hybridized carbons (Fsp3) is 0.769. The number of thiazole rings is 1. The molecule has 1 rings (SSSR count). The van der Waals surface area contributed by atoms with E-state index in [1.807, 2.05) is 6.92 Å². The fourth-order valence-electron chi connectivity index (χ4n) is 1.93. The zero-order valence-corrected chi connectivity index (χ0v) is 12.6. The summed E-state index contributed by atoms with van der Waals surface area (Å²) in [6, 6.07) is 0.286. The molecule has 0 bridgehead atoms. The van der Waals surface area contributed by atoms with Crippen molar-refractivity contribution in [2.75, 3.05) is 6.54 Å². The molecule has 1 heterocycles. The predicted octanol–water partition coefficient (Wildman–Crippen LogP) is 4.12. The summed E-state index contributed by atoms with van der Waals surface area (Å²) in [7, 11) is 0. The fourth-order valence-corrected chi connectivity index (χ4v) is 2.72. The van der Waals surface area contributed by atoms with Gasteiger partial charge in [0.25, 0.3) is 0 Å². The predicted molar refractivity (Wildman–Crippen MR) is 72.4 cm³/mol. The van der Waals surface area contributed by atoms with Gasteiger partial charge < -0.3 is 5.32 Å². The second kappa shape index (κ2) is 6.22. The molecule has 0 aromatic carbocycles. The smallest absolute Gasteiger partial charge is 0.314 e. The zero-order valence-electron chi connectivity index (χ0n) is 11.8.